The van der Waals surface area contributed by atoms with Gasteiger partial charge >= 0.3 is 5.97 Å². The van der Waals surface area contributed by atoms with Crippen molar-refractivity contribution in [3.8, 4) is 5.75 Å². The van der Waals surface area contributed by atoms with Crippen LogP contribution in [0.1, 0.15) is 33.8 Å². The minimum absolute atomic E-state index is 0.201. The van der Waals surface area contributed by atoms with Crippen molar-refractivity contribution >= 4 is 27.7 Å². The highest BCUT2D eigenvalue weighted by Crippen LogP contribution is 2.52. The number of hydrogen-bond donors (Lipinski definition) is 0. The van der Waals surface area contributed by atoms with Gasteiger partial charge in [-0.25, -0.2) is 0 Å². The van der Waals surface area contributed by atoms with Gasteiger partial charge in [0.1, 0.15) is 11.2 Å². The average Bonchev–Trinajstić information content (AvgIpc) is 2.61. The number of halogens is 1. The van der Waals surface area contributed by atoms with Crippen LogP contribution in [-0.4, -0.2) is 23.2 Å². The molecule has 0 N–H and O–H groups in total. The fourth-order valence-corrected chi connectivity index (χ4v) is 4.44. The van der Waals surface area contributed by atoms with Crippen LogP contribution in [0.2, 0.25) is 0 Å². The number of aryl methyl sites for hydroxylation is 1. The topological polar surface area (TPSA) is 86.5 Å². The Hall–Kier alpha value is -2.54. The number of esters is 1. The molecule has 0 unspecified atom stereocenters. The number of hydrogen-bond acceptors (Lipinski definition) is 5. The lowest BCUT2D eigenvalue weighted by Gasteiger charge is -2.42. The largest absolute Gasteiger partial charge is 0.425 e. The van der Waals surface area contributed by atoms with E-state index in [1.165, 1.54) is 0 Å². The molecular weight excluding hydrogens is 402 g/mol. The van der Waals surface area contributed by atoms with E-state index in [1.807, 2.05) is 12.1 Å². The van der Waals surface area contributed by atoms with Gasteiger partial charge in [-0.2, -0.15) is 0 Å². The minimum Gasteiger partial charge on any atom is -0.425 e. The third-order valence-electron chi connectivity index (χ3n) is 5.30. The van der Waals surface area contributed by atoms with Gasteiger partial charge in [0.15, 0.2) is 5.78 Å². The van der Waals surface area contributed by atoms with Gasteiger partial charge in [-0.3, -0.25) is 19.7 Å². The second-order valence-corrected chi connectivity index (χ2v) is 7.51. The van der Waals surface area contributed by atoms with E-state index in [9.17, 15) is 19.7 Å². The van der Waals surface area contributed by atoms with Gasteiger partial charge in [-0.1, -0.05) is 40.2 Å². The summed E-state index contributed by atoms with van der Waals surface area (Å²) in [6.07, 6.45) is 0.695. The molecule has 2 atom stereocenters. The maximum Gasteiger partial charge on any atom is 0.326 e. The van der Waals surface area contributed by atoms with Crippen molar-refractivity contribution in [1.29, 1.82) is 0 Å². The summed E-state index contributed by atoms with van der Waals surface area (Å²) >= 11 is 3.36. The Bertz CT molecular complexity index is 957. The number of nitro groups is 1. The third kappa shape index (κ3) is 2.38. The number of Topliss-reactive ketones (excluding diaryl/α,β-unsaturated/α-hetero) is 1. The number of ether oxygens (including phenoxy) is 1. The summed E-state index contributed by atoms with van der Waals surface area (Å²) in [5.74, 6) is -1.67. The second-order valence-electron chi connectivity index (χ2n) is 6.60. The summed E-state index contributed by atoms with van der Waals surface area (Å²) in [6, 6.07) is 12.1. The zero-order chi connectivity index (χ0) is 18.5. The molecule has 0 saturated heterocycles. The summed E-state index contributed by atoms with van der Waals surface area (Å²) in [4.78, 5) is 37.2. The number of nitrogens with zero attached hydrogens (tertiary/aromatic N) is 1. The fraction of sp³-hybridized carbons (Fsp3) is 0.263. The highest BCUT2D eigenvalue weighted by molar-refractivity contribution is 9.10. The van der Waals surface area contributed by atoms with E-state index in [-0.39, 0.29) is 18.0 Å². The number of rotatable bonds is 2. The third-order valence-corrected chi connectivity index (χ3v) is 5.79. The Morgan fingerprint density at radius 3 is 2.77 bits per heavy atom. The summed E-state index contributed by atoms with van der Waals surface area (Å²) in [5.41, 5.74) is 0.261. The molecule has 2 aromatic carbocycles. The summed E-state index contributed by atoms with van der Waals surface area (Å²) in [7, 11) is 0. The van der Waals surface area contributed by atoms with Crippen molar-refractivity contribution in [3.63, 3.8) is 0 Å². The van der Waals surface area contributed by atoms with Crippen molar-refractivity contribution in [3.05, 3.63) is 73.7 Å². The van der Waals surface area contributed by atoms with E-state index in [2.05, 4.69) is 15.9 Å². The molecule has 1 aliphatic heterocycles. The van der Waals surface area contributed by atoms with Crippen molar-refractivity contribution in [2.75, 3.05) is 6.54 Å². The first-order valence-electron chi connectivity index (χ1n) is 8.19. The molecule has 2 aliphatic rings. The monoisotopic (exact) mass is 415 g/mol. The molecule has 1 spiro atoms. The highest BCUT2D eigenvalue weighted by atomic mass is 79.9. The van der Waals surface area contributed by atoms with Gasteiger partial charge in [0, 0.05) is 20.5 Å². The van der Waals surface area contributed by atoms with Crippen LogP contribution >= 0.6 is 15.9 Å². The van der Waals surface area contributed by atoms with Gasteiger partial charge in [0.05, 0.1) is 5.92 Å². The van der Waals surface area contributed by atoms with E-state index >= 15 is 0 Å². The molecule has 0 saturated carbocycles. The molecule has 2 aromatic rings. The molecule has 0 amide bonds. The molecule has 1 aliphatic carbocycles. The van der Waals surface area contributed by atoms with Crippen LogP contribution in [0.5, 0.6) is 5.75 Å². The Kier molecular flexibility index (Phi) is 3.91. The first kappa shape index (κ1) is 16.9. The predicted molar refractivity (Wildman–Crippen MR) is 95.9 cm³/mol. The summed E-state index contributed by atoms with van der Waals surface area (Å²) in [6.45, 7) is -0.507. The maximum atomic E-state index is 13.4. The predicted octanol–water partition coefficient (Wildman–Crippen LogP) is 3.54. The zero-order valence-electron chi connectivity index (χ0n) is 13.6. The average molecular weight is 416 g/mol. The molecule has 6 nitrogen and oxygen atoms in total. The number of carbonyl (C=O) groups excluding carboxylic acids is 2. The van der Waals surface area contributed by atoms with Gasteiger partial charge in [0.2, 0.25) is 6.54 Å². The number of benzene rings is 2. The molecule has 26 heavy (non-hydrogen) atoms. The molecule has 1 heterocycles. The lowest BCUT2D eigenvalue weighted by Crippen LogP contribution is -2.53. The van der Waals surface area contributed by atoms with Crippen LogP contribution in [0.3, 0.4) is 0 Å². The quantitative estimate of drug-likeness (QED) is 0.246. The van der Waals surface area contributed by atoms with Crippen LogP contribution in [0.4, 0.5) is 0 Å². The fourth-order valence-electron chi connectivity index (χ4n) is 4.06. The van der Waals surface area contributed by atoms with Crippen molar-refractivity contribution in [2.24, 2.45) is 5.41 Å². The highest BCUT2D eigenvalue weighted by Gasteiger charge is 2.60. The second kappa shape index (κ2) is 6.02. The number of carbonyl (C=O) groups is 2. The summed E-state index contributed by atoms with van der Waals surface area (Å²) < 4.78 is 6.18. The van der Waals surface area contributed by atoms with Gasteiger partial charge in [-0.15, -0.1) is 0 Å². The number of fused-ring (bicyclic) bond motifs is 2. The zero-order valence-corrected chi connectivity index (χ0v) is 15.2. The van der Waals surface area contributed by atoms with E-state index in [1.54, 1.807) is 30.3 Å². The molecule has 0 bridgehead atoms. The molecule has 7 heteroatoms. The SMILES string of the molecule is O=C1Oc2ccc(Br)cc2[C@H](C[N+](=O)[O-])[C@@]12CCc1ccccc1C2=O. The standard InChI is InChI=1S/C19H14BrNO5/c20-12-5-6-16-14(9-12)15(10-21(24)25)19(18(23)26-16)8-7-11-3-1-2-4-13(11)17(19)22/h1-6,9,15H,7-8,10H2/t15-,19+/m0/s1. The first-order valence-corrected chi connectivity index (χ1v) is 8.99. The first-order chi connectivity index (χ1) is 12.4. The van der Waals surface area contributed by atoms with Crippen LogP contribution in [0.25, 0.3) is 0 Å². The molecular formula is C19H14BrNO5. The molecule has 4 rings (SSSR count). The van der Waals surface area contributed by atoms with Crippen molar-refractivity contribution < 1.29 is 19.2 Å². The molecule has 0 fully saturated rings. The smallest absolute Gasteiger partial charge is 0.326 e. The Balaban J connectivity index is 1.93. The minimum atomic E-state index is -1.56. The van der Waals surface area contributed by atoms with Crippen LogP contribution in [0, 0.1) is 15.5 Å². The van der Waals surface area contributed by atoms with E-state index in [4.69, 9.17) is 4.74 Å². The van der Waals surface area contributed by atoms with E-state index in [0.29, 0.717) is 22.0 Å². The van der Waals surface area contributed by atoms with E-state index in [0.717, 1.165) is 5.56 Å². The van der Waals surface area contributed by atoms with Gasteiger partial charge < -0.3 is 4.74 Å². The maximum absolute atomic E-state index is 13.4. The van der Waals surface area contributed by atoms with Crippen LogP contribution in [0.15, 0.2) is 46.9 Å². The van der Waals surface area contributed by atoms with Gasteiger partial charge in [-0.05, 0) is 36.6 Å². The summed E-state index contributed by atoms with van der Waals surface area (Å²) in [5, 5.41) is 11.4. The normalized spacial score (nSPS) is 24.0. The Morgan fingerprint density at radius 1 is 1.23 bits per heavy atom. The molecule has 0 aromatic heterocycles. The van der Waals surface area contributed by atoms with Crippen LogP contribution < -0.4 is 4.74 Å². The lowest BCUT2D eigenvalue weighted by atomic mass is 9.60. The Morgan fingerprint density at radius 2 is 2.00 bits per heavy atom. The van der Waals surface area contributed by atoms with Gasteiger partial charge in [0.25, 0.3) is 0 Å². The van der Waals surface area contributed by atoms with Crippen molar-refractivity contribution in [2.45, 2.75) is 18.8 Å². The Labute approximate surface area is 157 Å². The van der Waals surface area contributed by atoms with E-state index < -0.39 is 28.8 Å². The number of ketones is 1. The molecule has 132 valence electrons. The van der Waals surface area contributed by atoms with Crippen molar-refractivity contribution in [1.82, 2.24) is 0 Å². The lowest BCUT2D eigenvalue weighted by molar-refractivity contribution is -0.485. The molecule has 0 radical (unpaired) electrons. The van der Waals surface area contributed by atoms with Crippen LogP contribution in [-0.2, 0) is 11.2 Å².